The van der Waals surface area contributed by atoms with Crippen molar-refractivity contribution < 1.29 is 0 Å². The smallest absolute Gasteiger partial charge is 0.252 e. The highest BCUT2D eigenvalue weighted by atomic mass is 15.2. The van der Waals surface area contributed by atoms with Crippen LogP contribution in [0, 0.1) is 17.9 Å². The van der Waals surface area contributed by atoms with E-state index in [1.165, 1.54) is 49.4 Å². The van der Waals surface area contributed by atoms with Gasteiger partial charge in [0, 0.05) is 56.0 Å². The monoisotopic (exact) mass is 947 g/mol. The number of hydrogen-bond acceptors (Lipinski definition) is 3. The number of nitriles is 1. The normalized spacial score (nSPS) is 13.4. The molecule has 0 radical (unpaired) electrons. The highest BCUT2D eigenvalue weighted by molar-refractivity contribution is 7.00. The first kappa shape index (κ1) is 47.5. The fourth-order valence-electron chi connectivity index (χ4n) is 11.3. The first-order valence-electron chi connectivity index (χ1n) is 25.8. The van der Waals surface area contributed by atoms with Gasteiger partial charge in [0.2, 0.25) is 0 Å². The lowest BCUT2D eigenvalue weighted by Crippen LogP contribution is -2.61. The van der Waals surface area contributed by atoms with Gasteiger partial charge in [-0.2, -0.15) is 5.26 Å². The van der Waals surface area contributed by atoms with E-state index in [1.807, 2.05) is 42.5 Å². The topological polar surface area (TPSA) is 34.6 Å². The number of fused-ring (bicyclic) bond motifs is 8. The highest BCUT2D eigenvalue weighted by Crippen LogP contribution is 2.52. The Labute approximate surface area is 433 Å². The third-order valence-corrected chi connectivity index (χ3v) is 15.4. The summed E-state index contributed by atoms with van der Waals surface area (Å²) in [6, 6.07) is 62.7. The van der Waals surface area contributed by atoms with Gasteiger partial charge in [-0.3, -0.25) is 0 Å². The van der Waals surface area contributed by atoms with E-state index in [2.05, 4.69) is 225 Å². The fraction of sp³-hybridized carbons (Fsp3) is 0.235. The van der Waals surface area contributed by atoms with E-state index in [0.717, 1.165) is 61.6 Å². The van der Waals surface area contributed by atoms with Crippen LogP contribution in [0.4, 0.5) is 39.8 Å². The van der Waals surface area contributed by atoms with Crippen LogP contribution in [0.2, 0.25) is 0 Å². The maximum absolute atomic E-state index is 11.3. The summed E-state index contributed by atoms with van der Waals surface area (Å²) in [5.41, 5.74) is 18.8. The maximum Gasteiger partial charge on any atom is 0.252 e. The van der Waals surface area contributed by atoms with E-state index < -0.39 is 0 Å². The van der Waals surface area contributed by atoms with Crippen molar-refractivity contribution in [2.24, 2.45) is 0 Å². The Morgan fingerprint density at radius 3 is 1.29 bits per heavy atom. The number of nitrogens with zero attached hydrogens (tertiary/aromatic N) is 4. The average molecular weight is 947 g/mol. The molecule has 0 unspecified atom stereocenters. The van der Waals surface area contributed by atoms with Gasteiger partial charge < -0.3 is 9.80 Å². The summed E-state index contributed by atoms with van der Waals surface area (Å²) in [6.07, 6.45) is 0. The molecule has 9 aromatic rings. The molecule has 0 bridgehead atoms. The van der Waals surface area contributed by atoms with Crippen molar-refractivity contribution in [1.82, 2.24) is 0 Å². The van der Waals surface area contributed by atoms with Gasteiger partial charge >= 0.3 is 0 Å². The lowest BCUT2D eigenvalue weighted by atomic mass is 9.33. The van der Waals surface area contributed by atoms with Gasteiger partial charge in [-0.1, -0.05) is 198 Å². The van der Waals surface area contributed by atoms with Gasteiger partial charge in [-0.15, -0.1) is 0 Å². The Kier molecular flexibility index (Phi) is 11.0. The Hall–Kier alpha value is -7.86. The Morgan fingerprint density at radius 1 is 0.452 bits per heavy atom. The molecule has 73 heavy (non-hydrogen) atoms. The molecule has 0 fully saturated rings. The Balaban J connectivity index is 1.36. The highest BCUT2D eigenvalue weighted by Gasteiger charge is 2.45. The van der Waals surface area contributed by atoms with Gasteiger partial charge in [0.25, 0.3) is 6.71 Å². The fourth-order valence-corrected chi connectivity index (χ4v) is 11.3. The number of benzene rings is 9. The molecule has 2 aliphatic rings. The summed E-state index contributed by atoms with van der Waals surface area (Å²) < 4.78 is 0. The van der Waals surface area contributed by atoms with Crippen LogP contribution in [0.15, 0.2) is 164 Å². The molecular formula is C68H63BN4. The summed E-state index contributed by atoms with van der Waals surface area (Å²) in [5, 5.41) is 16.0. The predicted octanol–water partition coefficient (Wildman–Crippen LogP) is 17.0. The lowest BCUT2D eigenvalue weighted by Gasteiger charge is -2.46. The van der Waals surface area contributed by atoms with E-state index in [4.69, 9.17) is 6.57 Å². The van der Waals surface area contributed by atoms with Crippen molar-refractivity contribution in [3.63, 3.8) is 0 Å². The maximum atomic E-state index is 11.3. The summed E-state index contributed by atoms with van der Waals surface area (Å²) >= 11 is 0. The molecule has 0 atom stereocenters. The summed E-state index contributed by atoms with van der Waals surface area (Å²) in [7, 11) is 0. The molecule has 4 nitrogen and oxygen atoms in total. The van der Waals surface area contributed by atoms with Gasteiger partial charge in [0.1, 0.15) is 0 Å². The summed E-state index contributed by atoms with van der Waals surface area (Å²) in [5.74, 6) is 0. The third-order valence-electron chi connectivity index (χ3n) is 15.4. The first-order chi connectivity index (χ1) is 34.6. The van der Waals surface area contributed by atoms with Crippen LogP contribution in [-0.2, 0) is 21.7 Å². The molecular weight excluding hydrogens is 884 g/mol. The molecule has 0 spiro atoms. The zero-order valence-corrected chi connectivity index (χ0v) is 44.5. The van der Waals surface area contributed by atoms with Crippen LogP contribution >= 0.6 is 0 Å². The SMILES string of the molecule is [C-]#[N+]c1cc(-c2ccccc2)cc(C#N)c1-c1cc2c3c(c1)N(c1cc(C(C)(C)C)cc(C(C)(C)C)c1)c1c(ccc4ccccc14)B3c1ccc3ccccc3c1N2c1cc(C(C)(C)C)cc(C(C)(C)C)c1. The quantitative estimate of drug-likeness (QED) is 0.130. The molecule has 2 aliphatic heterocycles. The van der Waals surface area contributed by atoms with Gasteiger partial charge in [0.05, 0.1) is 12.6 Å². The predicted molar refractivity (Wildman–Crippen MR) is 312 cm³/mol. The zero-order valence-electron chi connectivity index (χ0n) is 44.5. The number of rotatable bonds is 4. The molecule has 2 heterocycles. The van der Waals surface area contributed by atoms with Crippen LogP contribution in [0.25, 0.3) is 48.6 Å². The summed E-state index contributed by atoms with van der Waals surface area (Å²) in [6.45, 7) is 36.4. The minimum Gasteiger partial charge on any atom is -0.311 e. The molecule has 0 aliphatic carbocycles. The van der Waals surface area contributed by atoms with Crippen molar-refractivity contribution >= 4 is 84.5 Å². The van der Waals surface area contributed by atoms with Gasteiger partial charge in [0.15, 0.2) is 5.69 Å². The van der Waals surface area contributed by atoms with Crippen molar-refractivity contribution in [3.8, 4) is 28.3 Å². The standard InChI is InChI=1S/C68H63BN4/c1-65(2,3)48-35-49(66(4,5)6)38-52(37-48)72-59-33-46(61-47(41-70)31-45(32-58(61)71-13)42-21-15-14-16-22-42)34-60-62(59)69(56-29-27-43-23-17-19-25-54(43)63(56)72)57-30-28-44-24-18-20-26-55(44)64(57)73(60)53-39-50(67(7,8)9)36-51(40-53)68(10,11)12/h14-40H,1-12H3. The largest absolute Gasteiger partial charge is 0.311 e. The minimum atomic E-state index is -0.164. The molecule has 5 heteroatoms. The second kappa shape index (κ2) is 16.9. The molecule has 0 saturated carbocycles. The minimum absolute atomic E-state index is 0.149. The van der Waals surface area contributed by atoms with E-state index in [9.17, 15) is 5.26 Å². The average Bonchev–Trinajstić information content (AvgIpc) is 3.37. The van der Waals surface area contributed by atoms with E-state index in [-0.39, 0.29) is 28.4 Å². The van der Waals surface area contributed by atoms with Crippen LogP contribution in [-0.4, -0.2) is 6.71 Å². The summed E-state index contributed by atoms with van der Waals surface area (Å²) in [4.78, 5) is 9.35. The second-order valence-electron chi connectivity index (χ2n) is 24.5. The van der Waals surface area contributed by atoms with E-state index in [0.29, 0.717) is 16.8 Å². The Morgan fingerprint density at radius 2 is 0.877 bits per heavy atom. The van der Waals surface area contributed by atoms with Crippen LogP contribution in [0.1, 0.15) is 111 Å². The second-order valence-corrected chi connectivity index (χ2v) is 24.5. The van der Waals surface area contributed by atoms with E-state index >= 15 is 0 Å². The van der Waals surface area contributed by atoms with Crippen molar-refractivity contribution in [1.29, 1.82) is 5.26 Å². The van der Waals surface area contributed by atoms with Crippen LogP contribution < -0.4 is 26.2 Å². The molecule has 9 aromatic carbocycles. The third kappa shape index (κ3) is 7.98. The number of hydrogen-bond donors (Lipinski definition) is 0. The first-order valence-corrected chi connectivity index (χ1v) is 25.8. The van der Waals surface area contributed by atoms with Gasteiger partial charge in [-0.25, -0.2) is 4.85 Å². The van der Waals surface area contributed by atoms with Crippen LogP contribution in [0.3, 0.4) is 0 Å². The Bertz CT molecular complexity index is 3530. The van der Waals surface area contributed by atoms with Crippen molar-refractivity contribution in [3.05, 3.63) is 203 Å². The zero-order chi connectivity index (χ0) is 51.5. The van der Waals surface area contributed by atoms with Crippen molar-refractivity contribution in [2.75, 3.05) is 9.80 Å². The molecule has 0 N–H and O–H groups in total. The molecule has 0 saturated heterocycles. The van der Waals surface area contributed by atoms with Gasteiger partial charge in [-0.05, 0) is 136 Å². The molecule has 358 valence electrons. The number of anilines is 6. The lowest BCUT2D eigenvalue weighted by molar-refractivity contribution is 0.568. The van der Waals surface area contributed by atoms with Crippen molar-refractivity contribution in [2.45, 2.75) is 105 Å². The van der Waals surface area contributed by atoms with E-state index in [1.54, 1.807) is 0 Å². The molecule has 0 amide bonds. The molecule has 0 aromatic heterocycles. The van der Waals surface area contributed by atoms with Crippen LogP contribution in [0.5, 0.6) is 0 Å². The molecule has 11 rings (SSSR count).